The van der Waals surface area contributed by atoms with Crippen molar-refractivity contribution in [3.63, 3.8) is 0 Å². The van der Waals surface area contributed by atoms with E-state index in [0.29, 0.717) is 11.8 Å². The van der Waals surface area contributed by atoms with Crippen LogP contribution in [0.15, 0.2) is 66.7 Å². The predicted molar refractivity (Wildman–Crippen MR) is 123 cm³/mol. The van der Waals surface area contributed by atoms with Gasteiger partial charge >= 0.3 is 0 Å². The standard InChI is InChI=1S/C29H25ClO/c30-21-9-10-26-27(16-21)28(19-12-17-11-18(14-19)15-20(28)13-17)31-29(26)24-7-3-1-5-22(24)23-6-2-4-8-25(23)29/h1-10,16-20H,11-15H2. The van der Waals surface area contributed by atoms with Crippen LogP contribution in [-0.2, 0) is 15.9 Å². The Morgan fingerprint density at radius 3 is 1.84 bits per heavy atom. The highest BCUT2D eigenvalue weighted by Crippen LogP contribution is 2.71. The molecule has 5 aliphatic carbocycles. The average Bonchev–Trinajstić information content (AvgIpc) is 3.24. The van der Waals surface area contributed by atoms with Crippen molar-refractivity contribution < 1.29 is 4.74 Å². The highest BCUT2D eigenvalue weighted by Gasteiger charge is 2.67. The molecular formula is C29H25ClO. The molecule has 1 aliphatic heterocycles. The zero-order chi connectivity index (χ0) is 20.4. The first-order valence-corrected chi connectivity index (χ1v) is 12.3. The van der Waals surface area contributed by atoms with Crippen molar-refractivity contribution in [2.75, 3.05) is 0 Å². The minimum atomic E-state index is -0.511. The lowest BCUT2D eigenvalue weighted by Gasteiger charge is -2.60. The Balaban J connectivity index is 1.46. The molecule has 9 rings (SSSR count). The van der Waals surface area contributed by atoms with Gasteiger partial charge in [-0.05, 0) is 90.2 Å². The topological polar surface area (TPSA) is 9.23 Å². The van der Waals surface area contributed by atoms with Crippen LogP contribution in [0.1, 0.15) is 54.4 Å². The molecule has 154 valence electrons. The molecule has 2 spiro atoms. The number of halogens is 1. The van der Waals surface area contributed by atoms with Crippen LogP contribution in [0.2, 0.25) is 5.02 Å². The van der Waals surface area contributed by atoms with E-state index in [9.17, 15) is 0 Å². The van der Waals surface area contributed by atoms with Gasteiger partial charge in [0.15, 0.2) is 0 Å². The van der Waals surface area contributed by atoms with Gasteiger partial charge in [0.2, 0.25) is 0 Å². The SMILES string of the molecule is Clc1ccc2c(c1)C1(OC23c2ccccc2-c2ccccc23)C2CC3CC(C2)CC1C3. The molecule has 0 amide bonds. The Morgan fingerprint density at radius 1 is 0.645 bits per heavy atom. The van der Waals surface area contributed by atoms with E-state index in [4.69, 9.17) is 16.3 Å². The van der Waals surface area contributed by atoms with Gasteiger partial charge in [0.05, 0.1) is 0 Å². The van der Waals surface area contributed by atoms with Crippen LogP contribution in [0.3, 0.4) is 0 Å². The summed E-state index contributed by atoms with van der Waals surface area (Å²) in [5.41, 5.74) is 7.28. The number of fused-ring (bicyclic) bond motifs is 7. The molecule has 0 unspecified atom stereocenters. The summed E-state index contributed by atoms with van der Waals surface area (Å²) in [6.45, 7) is 0. The lowest BCUT2D eigenvalue weighted by molar-refractivity contribution is -0.231. The van der Waals surface area contributed by atoms with Gasteiger partial charge in [-0.15, -0.1) is 0 Å². The third-order valence-electron chi connectivity index (χ3n) is 9.36. The molecule has 6 aliphatic rings. The molecule has 31 heavy (non-hydrogen) atoms. The lowest BCUT2D eigenvalue weighted by Crippen LogP contribution is -2.56. The van der Waals surface area contributed by atoms with Crippen LogP contribution < -0.4 is 0 Å². The Bertz CT molecular complexity index is 1180. The van der Waals surface area contributed by atoms with E-state index in [1.807, 2.05) is 0 Å². The highest BCUT2D eigenvalue weighted by molar-refractivity contribution is 6.30. The van der Waals surface area contributed by atoms with Crippen molar-refractivity contribution in [3.05, 3.63) is 94.0 Å². The third-order valence-corrected chi connectivity index (χ3v) is 9.59. The average molecular weight is 425 g/mol. The van der Waals surface area contributed by atoms with Crippen LogP contribution in [0.4, 0.5) is 0 Å². The van der Waals surface area contributed by atoms with E-state index in [1.54, 1.807) is 0 Å². The third kappa shape index (κ3) is 1.92. The summed E-state index contributed by atoms with van der Waals surface area (Å²) in [5.74, 6) is 3.03. The molecule has 0 N–H and O–H groups in total. The van der Waals surface area contributed by atoms with Gasteiger partial charge in [0.1, 0.15) is 11.2 Å². The summed E-state index contributed by atoms with van der Waals surface area (Å²) in [7, 11) is 0. The zero-order valence-electron chi connectivity index (χ0n) is 17.5. The maximum atomic E-state index is 7.69. The van der Waals surface area contributed by atoms with Gasteiger partial charge in [0, 0.05) is 16.1 Å². The van der Waals surface area contributed by atoms with Gasteiger partial charge in [-0.1, -0.05) is 66.2 Å². The van der Waals surface area contributed by atoms with Crippen molar-refractivity contribution in [2.45, 2.75) is 43.3 Å². The summed E-state index contributed by atoms with van der Waals surface area (Å²) < 4.78 is 7.69. The molecule has 3 aromatic rings. The first-order valence-electron chi connectivity index (χ1n) is 11.9. The fourth-order valence-electron chi connectivity index (χ4n) is 8.60. The summed E-state index contributed by atoms with van der Waals surface area (Å²) in [6.07, 6.45) is 6.72. The first-order chi connectivity index (χ1) is 15.2. The largest absolute Gasteiger partial charge is 0.349 e. The predicted octanol–water partition coefficient (Wildman–Crippen LogP) is 7.29. The summed E-state index contributed by atoms with van der Waals surface area (Å²) in [5, 5.41) is 0.840. The van der Waals surface area contributed by atoms with Crippen molar-refractivity contribution in [1.82, 2.24) is 0 Å². The number of ether oxygens (including phenoxy) is 1. The second-order valence-electron chi connectivity index (χ2n) is 10.7. The number of hydrogen-bond acceptors (Lipinski definition) is 1. The molecule has 4 bridgehead atoms. The molecular weight excluding hydrogens is 400 g/mol. The van der Waals surface area contributed by atoms with Crippen LogP contribution in [0.5, 0.6) is 0 Å². The van der Waals surface area contributed by atoms with E-state index in [2.05, 4.69) is 66.7 Å². The molecule has 3 aromatic carbocycles. The molecule has 0 aromatic heterocycles. The van der Waals surface area contributed by atoms with Crippen LogP contribution >= 0.6 is 11.6 Å². The second-order valence-corrected chi connectivity index (χ2v) is 11.1. The smallest absolute Gasteiger partial charge is 0.146 e. The van der Waals surface area contributed by atoms with Crippen LogP contribution in [0, 0.1) is 23.7 Å². The van der Waals surface area contributed by atoms with Crippen molar-refractivity contribution >= 4 is 11.6 Å². The summed E-state index contributed by atoms with van der Waals surface area (Å²) in [4.78, 5) is 0. The Kier molecular flexibility index (Phi) is 3.17. The highest BCUT2D eigenvalue weighted by atomic mass is 35.5. The molecule has 1 nitrogen and oxygen atoms in total. The quantitative estimate of drug-likeness (QED) is 0.368. The monoisotopic (exact) mass is 424 g/mol. The fourth-order valence-corrected chi connectivity index (χ4v) is 8.77. The van der Waals surface area contributed by atoms with Gasteiger partial charge in [-0.3, -0.25) is 0 Å². The number of rotatable bonds is 0. The molecule has 4 fully saturated rings. The molecule has 1 heterocycles. The minimum Gasteiger partial charge on any atom is -0.349 e. The minimum absolute atomic E-state index is 0.196. The first kappa shape index (κ1) is 17.5. The number of hydrogen-bond donors (Lipinski definition) is 0. The maximum Gasteiger partial charge on any atom is 0.146 e. The number of benzene rings is 3. The Hall–Kier alpha value is -2.09. The van der Waals surface area contributed by atoms with Crippen molar-refractivity contribution in [2.24, 2.45) is 23.7 Å². The zero-order valence-corrected chi connectivity index (χ0v) is 18.2. The van der Waals surface area contributed by atoms with E-state index in [1.165, 1.54) is 65.5 Å². The van der Waals surface area contributed by atoms with Crippen molar-refractivity contribution in [3.8, 4) is 11.1 Å². The van der Waals surface area contributed by atoms with Gasteiger partial charge in [-0.25, -0.2) is 0 Å². The van der Waals surface area contributed by atoms with E-state index in [-0.39, 0.29) is 5.60 Å². The van der Waals surface area contributed by atoms with Crippen LogP contribution in [0.25, 0.3) is 11.1 Å². The fraction of sp³-hybridized carbons (Fsp3) is 0.379. The molecule has 0 atom stereocenters. The Morgan fingerprint density at radius 2 is 1.23 bits per heavy atom. The molecule has 0 radical (unpaired) electrons. The van der Waals surface area contributed by atoms with E-state index in [0.717, 1.165) is 16.9 Å². The lowest BCUT2D eigenvalue weighted by atomic mass is 9.48. The van der Waals surface area contributed by atoms with Crippen LogP contribution in [-0.4, -0.2) is 0 Å². The summed E-state index contributed by atoms with van der Waals surface area (Å²) in [6, 6.07) is 24.4. The van der Waals surface area contributed by atoms with Gasteiger partial charge in [-0.2, -0.15) is 0 Å². The van der Waals surface area contributed by atoms with Crippen molar-refractivity contribution in [1.29, 1.82) is 0 Å². The van der Waals surface area contributed by atoms with Gasteiger partial charge < -0.3 is 4.74 Å². The van der Waals surface area contributed by atoms with E-state index >= 15 is 0 Å². The van der Waals surface area contributed by atoms with E-state index < -0.39 is 5.60 Å². The Labute approximate surface area is 188 Å². The van der Waals surface area contributed by atoms with Gasteiger partial charge in [0.25, 0.3) is 0 Å². The second kappa shape index (κ2) is 5.63. The maximum absolute atomic E-state index is 7.69. The molecule has 4 saturated carbocycles. The molecule has 0 saturated heterocycles. The summed E-state index contributed by atoms with van der Waals surface area (Å²) >= 11 is 6.66. The normalized spacial score (nSPS) is 34.9. The molecule has 2 heteroatoms.